The number of aromatic nitrogens is 1. The summed E-state index contributed by atoms with van der Waals surface area (Å²) in [7, 11) is -3.23. The Labute approximate surface area is 152 Å². The van der Waals surface area contributed by atoms with Gasteiger partial charge < -0.3 is 0 Å². The maximum Gasteiger partial charge on any atom is 0.214 e. The molecule has 1 aromatic carbocycles. The molecule has 0 spiro atoms. The van der Waals surface area contributed by atoms with E-state index in [4.69, 9.17) is 23.2 Å². The molecule has 7 heteroatoms. The summed E-state index contributed by atoms with van der Waals surface area (Å²) in [5.74, 6) is 0.108. The van der Waals surface area contributed by atoms with Crippen LogP contribution in [0.2, 0.25) is 10.0 Å². The Hall–Kier alpha value is -1.14. The van der Waals surface area contributed by atoms with Crippen molar-refractivity contribution >= 4 is 33.2 Å². The van der Waals surface area contributed by atoms with E-state index in [2.05, 4.69) is 4.98 Å². The fourth-order valence-corrected chi connectivity index (χ4v) is 4.36. The van der Waals surface area contributed by atoms with Crippen molar-refractivity contribution in [1.29, 1.82) is 0 Å². The Morgan fingerprint density at radius 2 is 2.00 bits per heavy atom. The van der Waals surface area contributed by atoms with Crippen LogP contribution < -0.4 is 0 Å². The van der Waals surface area contributed by atoms with E-state index in [1.165, 1.54) is 0 Å². The minimum absolute atomic E-state index is 0.108. The molecule has 3 rings (SSSR count). The van der Waals surface area contributed by atoms with Crippen LogP contribution in [0.1, 0.15) is 25.3 Å². The van der Waals surface area contributed by atoms with Crippen LogP contribution in [-0.2, 0) is 16.6 Å². The summed E-state index contributed by atoms with van der Waals surface area (Å²) >= 11 is 12.4. The van der Waals surface area contributed by atoms with Crippen molar-refractivity contribution < 1.29 is 8.42 Å². The van der Waals surface area contributed by atoms with Crippen LogP contribution in [-0.4, -0.2) is 29.5 Å². The third-order valence-corrected chi connectivity index (χ3v) is 6.76. The number of pyridine rings is 1. The van der Waals surface area contributed by atoms with Gasteiger partial charge in [0.1, 0.15) is 0 Å². The molecule has 0 unspecified atom stereocenters. The Morgan fingerprint density at radius 1 is 1.25 bits per heavy atom. The summed E-state index contributed by atoms with van der Waals surface area (Å²) in [5.41, 5.74) is 2.45. The molecule has 0 saturated heterocycles. The molecule has 0 aliphatic heterocycles. The largest absolute Gasteiger partial charge is 0.264 e. The number of halogens is 2. The molecule has 0 bridgehead atoms. The number of hydrogen-bond donors (Lipinski definition) is 0. The molecule has 128 valence electrons. The molecular weight excluding hydrogens is 367 g/mol. The summed E-state index contributed by atoms with van der Waals surface area (Å²) in [6.07, 6.45) is 5.25. The van der Waals surface area contributed by atoms with Crippen molar-refractivity contribution in [1.82, 2.24) is 9.29 Å². The lowest BCUT2D eigenvalue weighted by atomic mass is 10.1. The predicted octanol–water partition coefficient (Wildman–Crippen LogP) is 4.37. The van der Waals surface area contributed by atoms with Gasteiger partial charge in [-0.15, -0.1) is 0 Å². The summed E-state index contributed by atoms with van der Waals surface area (Å²) in [5, 5.41) is 0.950. The van der Waals surface area contributed by atoms with Gasteiger partial charge in [0.15, 0.2) is 0 Å². The highest BCUT2D eigenvalue weighted by molar-refractivity contribution is 7.89. The number of benzene rings is 1. The lowest BCUT2D eigenvalue weighted by molar-refractivity contribution is 0.399. The third kappa shape index (κ3) is 3.75. The van der Waals surface area contributed by atoms with Crippen molar-refractivity contribution in [2.75, 3.05) is 5.75 Å². The highest BCUT2D eigenvalue weighted by Gasteiger charge is 2.36. The normalized spacial score (nSPS) is 15.0. The SMILES string of the molecule is CCS(=O)(=O)N(Cc1cncc(-c2cccc(Cl)c2Cl)c1)C1CC1. The highest BCUT2D eigenvalue weighted by Crippen LogP contribution is 2.34. The summed E-state index contributed by atoms with van der Waals surface area (Å²) in [4.78, 5) is 4.25. The number of hydrogen-bond acceptors (Lipinski definition) is 3. The molecule has 0 radical (unpaired) electrons. The molecule has 1 aliphatic rings. The fraction of sp³-hybridized carbons (Fsp3) is 0.353. The molecule has 1 aromatic heterocycles. The Kier molecular flexibility index (Phi) is 5.16. The Bertz CT molecular complexity index is 851. The first-order valence-corrected chi connectivity index (χ1v) is 10.2. The molecule has 0 N–H and O–H groups in total. The Balaban J connectivity index is 1.92. The first kappa shape index (κ1) is 17.7. The first-order chi connectivity index (χ1) is 11.4. The van der Waals surface area contributed by atoms with Gasteiger partial charge in [-0.05, 0) is 37.5 Å². The molecule has 1 aliphatic carbocycles. The number of nitrogens with zero attached hydrogens (tertiary/aromatic N) is 2. The van der Waals surface area contributed by atoms with Crippen molar-refractivity contribution in [3.63, 3.8) is 0 Å². The quantitative estimate of drug-likeness (QED) is 0.742. The molecule has 1 saturated carbocycles. The van der Waals surface area contributed by atoms with Crippen LogP contribution in [0.4, 0.5) is 0 Å². The third-order valence-electron chi connectivity index (χ3n) is 4.07. The van der Waals surface area contributed by atoms with E-state index in [0.717, 1.165) is 29.5 Å². The standard InChI is InChI=1S/C17H18Cl2N2O2S/c1-2-24(22,23)21(14-6-7-14)11-12-8-13(10-20-9-12)15-4-3-5-16(18)17(15)19/h3-5,8-10,14H,2,6-7,11H2,1H3. The van der Waals surface area contributed by atoms with E-state index in [1.54, 1.807) is 29.7 Å². The monoisotopic (exact) mass is 384 g/mol. The minimum Gasteiger partial charge on any atom is -0.264 e. The van der Waals surface area contributed by atoms with Gasteiger partial charge in [-0.1, -0.05) is 35.3 Å². The smallest absolute Gasteiger partial charge is 0.214 e. The van der Waals surface area contributed by atoms with Crippen LogP contribution in [0.3, 0.4) is 0 Å². The van der Waals surface area contributed by atoms with Gasteiger partial charge in [0, 0.05) is 36.1 Å². The lowest BCUT2D eigenvalue weighted by Crippen LogP contribution is -2.33. The maximum atomic E-state index is 12.3. The molecule has 4 nitrogen and oxygen atoms in total. The van der Waals surface area contributed by atoms with E-state index in [0.29, 0.717) is 16.6 Å². The van der Waals surface area contributed by atoms with E-state index in [-0.39, 0.29) is 11.8 Å². The van der Waals surface area contributed by atoms with Crippen molar-refractivity contribution in [3.8, 4) is 11.1 Å². The zero-order valence-electron chi connectivity index (χ0n) is 13.2. The lowest BCUT2D eigenvalue weighted by Gasteiger charge is -2.21. The van der Waals surface area contributed by atoms with Crippen LogP contribution in [0, 0.1) is 0 Å². The molecule has 2 aromatic rings. The summed E-state index contributed by atoms with van der Waals surface area (Å²) in [6.45, 7) is 2.00. The molecule has 24 heavy (non-hydrogen) atoms. The molecule has 1 fully saturated rings. The minimum atomic E-state index is -3.23. The van der Waals surface area contributed by atoms with Gasteiger partial charge in [-0.2, -0.15) is 4.31 Å². The van der Waals surface area contributed by atoms with E-state index < -0.39 is 10.0 Å². The first-order valence-electron chi connectivity index (χ1n) is 7.80. The van der Waals surface area contributed by atoms with Gasteiger partial charge in [-0.25, -0.2) is 8.42 Å². The Morgan fingerprint density at radius 3 is 2.67 bits per heavy atom. The van der Waals surface area contributed by atoms with Crippen LogP contribution in [0.5, 0.6) is 0 Å². The fourth-order valence-electron chi connectivity index (χ4n) is 2.61. The van der Waals surface area contributed by atoms with Crippen LogP contribution in [0.25, 0.3) is 11.1 Å². The highest BCUT2D eigenvalue weighted by atomic mass is 35.5. The zero-order chi connectivity index (χ0) is 17.3. The molecule has 0 atom stereocenters. The summed E-state index contributed by atoms with van der Waals surface area (Å²) in [6, 6.07) is 7.47. The van der Waals surface area contributed by atoms with Crippen LogP contribution >= 0.6 is 23.2 Å². The summed E-state index contributed by atoms with van der Waals surface area (Å²) < 4.78 is 26.2. The second-order valence-corrected chi connectivity index (χ2v) is 8.86. The number of sulfonamides is 1. The average molecular weight is 385 g/mol. The molecular formula is C17H18Cl2N2O2S. The zero-order valence-corrected chi connectivity index (χ0v) is 15.6. The van der Waals surface area contributed by atoms with Gasteiger partial charge in [0.2, 0.25) is 10.0 Å². The van der Waals surface area contributed by atoms with Gasteiger partial charge in [0.25, 0.3) is 0 Å². The molecule has 1 heterocycles. The molecule has 0 amide bonds. The second-order valence-electron chi connectivity index (χ2n) is 5.86. The van der Waals surface area contributed by atoms with E-state index in [9.17, 15) is 8.42 Å². The topological polar surface area (TPSA) is 50.3 Å². The number of rotatable bonds is 6. The average Bonchev–Trinajstić information content (AvgIpc) is 3.40. The predicted molar refractivity (Wildman–Crippen MR) is 97.7 cm³/mol. The van der Waals surface area contributed by atoms with E-state index >= 15 is 0 Å². The maximum absolute atomic E-state index is 12.3. The second kappa shape index (κ2) is 7.00. The van der Waals surface area contributed by atoms with Crippen molar-refractivity contribution in [3.05, 3.63) is 52.3 Å². The van der Waals surface area contributed by atoms with E-state index in [1.807, 2.05) is 18.2 Å². The van der Waals surface area contributed by atoms with Crippen molar-refractivity contribution in [2.24, 2.45) is 0 Å². The van der Waals surface area contributed by atoms with Gasteiger partial charge in [-0.3, -0.25) is 4.98 Å². The van der Waals surface area contributed by atoms with Crippen LogP contribution in [0.15, 0.2) is 36.7 Å². The van der Waals surface area contributed by atoms with Crippen molar-refractivity contribution in [2.45, 2.75) is 32.4 Å². The van der Waals surface area contributed by atoms with Gasteiger partial charge >= 0.3 is 0 Å². The van der Waals surface area contributed by atoms with Gasteiger partial charge in [0.05, 0.1) is 15.8 Å².